The summed E-state index contributed by atoms with van der Waals surface area (Å²) in [6.07, 6.45) is 3.12. The maximum absolute atomic E-state index is 11.5. The molecule has 66 valence electrons. The Morgan fingerprint density at radius 2 is 1.54 bits per heavy atom. The highest BCUT2D eigenvalue weighted by Gasteiger charge is 2.41. The number of benzene rings is 1. The third-order valence-corrected chi connectivity index (χ3v) is 3.42. The van der Waals surface area contributed by atoms with Crippen molar-refractivity contribution in [3.8, 4) is 0 Å². The second kappa shape index (κ2) is 2.44. The molecule has 1 heteroatoms. The van der Waals surface area contributed by atoms with Gasteiger partial charge in [0, 0.05) is 11.8 Å². The molecule has 1 nitrogen and oxygen atoms in total. The largest absolute Gasteiger partial charge is 0.299 e. The van der Waals surface area contributed by atoms with Crippen LogP contribution >= 0.6 is 0 Å². The maximum Gasteiger partial charge on any atom is 0.139 e. The van der Waals surface area contributed by atoms with Gasteiger partial charge in [-0.3, -0.25) is 4.79 Å². The van der Waals surface area contributed by atoms with Crippen LogP contribution in [0.3, 0.4) is 0 Å². The molecule has 1 fully saturated rings. The van der Waals surface area contributed by atoms with Crippen LogP contribution in [0, 0.1) is 11.8 Å². The summed E-state index contributed by atoms with van der Waals surface area (Å²) in [6, 6.07) is 8.49. The first-order valence-corrected chi connectivity index (χ1v) is 4.95. The molecule has 2 unspecified atom stereocenters. The van der Waals surface area contributed by atoms with E-state index in [-0.39, 0.29) is 0 Å². The Morgan fingerprint density at radius 3 is 2.00 bits per heavy atom. The molecule has 1 saturated carbocycles. The second-order valence-corrected chi connectivity index (χ2v) is 4.21. The van der Waals surface area contributed by atoms with Crippen molar-refractivity contribution >= 4 is 5.78 Å². The number of Topliss-reactive ketones (excluding diaryl/α,β-unsaturated/α-hetero) is 1. The van der Waals surface area contributed by atoms with Gasteiger partial charge in [-0.05, 0) is 30.4 Å². The molecular formula is C12H12O. The van der Waals surface area contributed by atoms with Crippen molar-refractivity contribution in [2.45, 2.75) is 19.3 Å². The minimum absolute atomic E-state index is 0.355. The van der Waals surface area contributed by atoms with Crippen LogP contribution < -0.4 is 0 Å². The van der Waals surface area contributed by atoms with Gasteiger partial charge in [0.05, 0.1) is 0 Å². The zero-order chi connectivity index (χ0) is 8.84. The Labute approximate surface area is 77.8 Å². The van der Waals surface area contributed by atoms with Crippen molar-refractivity contribution in [2.24, 2.45) is 11.8 Å². The number of rotatable bonds is 0. The van der Waals surface area contributed by atoms with Gasteiger partial charge in [-0.1, -0.05) is 24.3 Å². The summed E-state index contributed by atoms with van der Waals surface area (Å²) < 4.78 is 0. The summed E-state index contributed by atoms with van der Waals surface area (Å²) in [5.41, 5.74) is 2.81. The molecule has 0 heterocycles. The molecule has 0 amide bonds. The van der Waals surface area contributed by atoms with Crippen LogP contribution in [0.15, 0.2) is 24.3 Å². The van der Waals surface area contributed by atoms with E-state index in [2.05, 4.69) is 24.3 Å². The van der Waals surface area contributed by atoms with Crippen LogP contribution in [0.2, 0.25) is 0 Å². The number of hydrogen-bond acceptors (Lipinski definition) is 1. The van der Waals surface area contributed by atoms with Crippen molar-refractivity contribution in [3.05, 3.63) is 35.4 Å². The molecular weight excluding hydrogens is 160 g/mol. The lowest BCUT2D eigenvalue weighted by atomic mass is 9.72. The van der Waals surface area contributed by atoms with Crippen LogP contribution in [-0.2, 0) is 17.6 Å². The molecule has 0 saturated heterocycles. The molecule has 0 radical (unpaired) electrons. The fourth-order valence-corrected chi connectivity index (χ4v) is 2.60. The predicted molar refractivity (Wildman–Crippen MR) is 50.5 cm³/mol. The maximum atomic E-state index is 11.5. The molecule has 3 aliphatic carbocycles. The van der Waals surface area contributed by atoms with Gasteiger partial charge >= 0.3 is 0 Å². The molecule has 1 aromatic carbocycles. The quantitative estimate of drug-likeness (QED) is 0.585. The van der Waals surface area contributed by atoms with Gasteiger partial charge in [-0.25, -0.2) is 0 Å². The van der Waals surface area contributed by atoms with Crippen molar-refractivity contribution in [1.29, 1.82) is 0 Å². The summed E-state index contributed by atoms with van der Waals surface area (Å²) in [7, 11) is 0. The highest BCUT2D eigenvalue weighted by atomic mass is 16.1. The number of hydrogen-bond donors (Lipinski definition) is 0. The molecule has 4 rings (SSSR count). The van der Waals surface area contributed by atoms with E-state index < -0.39 is 0 Å². The number of carbonyl (C=O) groups excluding carboxylic acids is 1. The van der Waals surface area contributed by atoms with E-state index in [9.17, 15) is 4.79 Å². The van der Waals surface area contributed by atoms with Gasteiger partial charge in [-0.15, -0.1) is 0 Å². The lowest BCUT2D eigenvalue weighted by Crippen LogP contribution is -2.37. The molecule has 2 atom stereocenters. The molecule has 2 bridgehead atoms. The monoisotopic (exact) mass is 172 g/mol. The Hall–Kier alpha value is -1.11. The van der Waals surface area contributed by atoms with Gasteiger partial charge in [0.25, 0.3) is 0 Å². The molecule has 3 aliphatic rings. The second-order valence-electron chi connectivity index (χ2n) is 4.21. The number of carbonyl (C=O) groups is 1. The summed E-state index contributed by atoms with van der Waals surface area (Å²) in [5, 5.41) is 0. The highest BCUT2D eigenvalue weighted by molar-refractivity contribution is 5.90. The fourth-order valence-electron chi connectivity index (χ4n) is 2.60. The first kappa shape index (κ1) is 7.31. The van der Waals surface area contributed by atoms with Crippen LogP contribution in [0.5, 0.6) is 0 Å². The summed E-state index contributed by atoms with van der Waals surface area (Å²) >= 11 is 0. The normalized spacial score (nSPS) is 30.3. The van der Waals surface area contributed by atoms with Crippen molar-refractivity contribution < 1.29 is 4.79 Å². The minimum Gasteiger partial charge on any atom is -0.299 e. The molecule has 13 heavy (non-hydrogen) atoms. The number of ketones is 1. The SMILES string of the molecule is O=C1C2Cc3ccccc3CC1C2. The summed E-state index contributed by atoms with van der Waals surface area (Å²) in [4.78, 5) is 11.5. The lowest BCUT2D eigenvalue weighted by molar-refractivity contribution is -0.135. The van der Waals surface area contributed by atoms with E-state index >= 15 is 0 Å². The Morgan fingerprint density at radius 1 is 1.00 bits per heavy atom. The first-order valence-electron chi connectivity index (χ1n) is 4.95. The fraction of sp³-hybridized carbons (Fsp3) is 0.417. The summed E-state index contributed by atoms with van der Waals surface area (Å²) in [6.45, 7) is 0. The predicted octanol–water partition coefficient (Wildman–Crippen LogP) is 1.99. The van der Waals surface area contributed by atoms with Crippen LogP contribution in [-0.4, -0.2) is 5.78 Å². The van der Waals surface area contributed by atoms with Gasteiger partial charge in [-0.2, -0.15) is 0 Å². The van der Waals surface area contributed by atoms with E-state index in [4.69, 9.17) is 0 Å². The van der Waals surface area contributed by atoms with Crippen molar-refractivity contribution in [3.63, 3.8) is 0 Å². The smallest absolute Gasteiger partial charge is 0.139 e. The van der Waals surface area contributed by atoms with Crippen LogP contribution in [0.1, 0.15) is 17.5 Å². The van der Waals surface area contributed by atoms with E-state index in [0.717, 1.165) is 19.3 Å². The standard InChI is InChI=1S/C12H12O/c13-12-10-5-8-3-1-2-4-9(8)6-11(12)7-10/h1-4,10-11H,5-7H2. The van der Waals surface area contributed by atoms with Gasteiger partial charge in [0.1, 0.15) is 5.78 Å². The summed E-state index contributed by atoms with van der Waals surface area (Å²) in [5.74, 6) is 1.22. The first-order chi connectivity index (χ1) is 6.34. The average Bonchev–Trinajstić information content (AvgIpc) is 2.44. The lowest BCUT2D eigenvalue weighted by Gasteiger charge is -2.30. The van der Waals surface area contributed by atoms with E-state index in [1.165, 1.54) is 11.1 Å². The molecule has 0 N–H and O–H groups in total. The van der Waals surface area contributed by atoms with Gasteiger partial charge < -0.3 is 0 Å². The molecule has 1 aromatic rings. The van der Waals surface area contributed by atoms with E-state index in [1.54, 1.807) is 0 Å². The zero-order valence-electron chi connectivity index (χ0n) is 7.49. The van der Waals surface area contributed by atoms with Gasteiger partial charge in [0.2, 0.25) is 0 Å². The average molecular weight is 172 g/mol. The third kappa shape index (κ3) is 0.963. The molecule has 0 spiro atoms. The van der Waals surface area contributed by atoms with Crippen molar-refractivity contribution in [2.75, 3.05) is 0 Å². The Balaban J connectivity index is 2.05. The molecule has 0 aromatic heterocycles. The van der Waals surface area contributed by atoms with Crippen LogP contribution in [0.25, 0.3) is 0 Å². The highest BCUT2D eigenvalue weighted by Crippen LogP contribution is 2.39. The zero-order valence-corrected chi connectivity index (χ0v) is 7.49. The third-order valence-electron chi connectivity index (χ3n) is 3.42. The topological polar surface area (TPSA) is 17.1 Å². The minimum atomic E-state index is 0.355. The van der Waals surface area contributed by atoms with Gasteiger partial charge in [0.15, 0.2) is 0 Å². The van der Waals surface area contributed by atoms with E-state index in [0.29, 0.717) is 17.6 Å². The van der Waals surface area contributed by atoms with E-state index in [1.807, 2.05) is 0 Å². The van der Waals surface area contributed by atoms with Crippen molar-refractivity contribution in [1.82, 2.24) is 0 Å². The Kier molecular flexibility index (Phi) is 1.37. The van der Waals surface area contributed by atoms with Crippen LogP contribution in [0.4, 0.5) is 0 Å². The molecule has 0 aliphatic heterocycles. The Bertz CT molecular complexity index is 334.